The monoisotopic (exact) mass is 320 g/mol. The summed E-state index contributed by atoms with van der Waals surface area (Å²) in [6, 6.07) is 0. The number of guanidine groups is 1. The number of nitrogens with one attached hydrogen (secondary N) is 2. The third-order valence-corrected chi connectivity index (χ3v) is 3.52. The van der Waals surface area contributed by atoms with E-state index >= 15 is 0 Å². The van der Waals surface area contributed by atoms with Crippen molar-refractivity contribution in [2.45, 2.75) is 32.4 Å². The lowest BCUT2D eigenvalue weighted by Gasteiger charge is -2.17. The molecule has 0 bridgehead atoms. The van der Waals surface area contributed by atoms with Gasteiger partial charge in [0.25, 0.3) is 0 Å². The summed E-state index contributed by atoms with van der Waals surface area (Å²) in [5.74, 6) is 0.901. The Bertz CT molecular complexity index is 355. The minimum atomic E-state index is -4.11. The summed E-state index contributed by atoms with van der Waals surface area (Å²) in [6.07, 6.45) is 0.547. The fraction of sp³-hybridized carbons (Fsp3) is 0.800. The van der Waals surface area contributed by atoms with Crippen LogP contribution in [-0.4, -0.2) is 56.3 Å². The Hall–Kier alpha value is -1.24. The topological polar surface area (TPSA) is 39.7 Å². The number of hydrogen-bond donors (Lipinski definition) is 2. The van der Waals surface area contributed by atoms with E-state index in [1.807, 2.05) is 0 Å². The molecule has 1 fully saturated rings. The van der Waals surface area contributed by atoms with Gasteiger partial charge in [-0.15, -0.1) is 6.58 Å². The molecule has 1 aliphatic heterocycles. The van der Waals surface area contributed by atoms with Crippen LogP contribution in [0.1, 0.15) is 26.2 Å². The van der Waals surface area contributed by atoms with Crippen molar-refractivity contribution in [1.29, 1.82) is 0 Å². The molecule has 0 spiro atoms. The summed E-state index contributed by atoms with van der Waals surface area (Å²) in [4.78, 5) is 5.94. The molecule has 4 nitrogen and oxygen atoms in total. The number of rotatable bonds is 8. The van der Waals surface area contributed by atoms with Gasteiger partial charge in [0.15, 0.2) is 5.96 Å². The van der Waals surface area contributed by atoms with Crippen molar-refractivity contribution in [3.05, 3.63) is 12.7 Å². The molecule has 0 amide bonds. The highest BCUT2D eigenvalue weighted by Gasteiger charge is 2.34. The van der Waals surface area contributed by atoms with Gasteiger partial charge in [0, 0.05) is 26.2 Å². The van der Waals surface area contributed by atoms with Crippen LogP contribution < -0.4 is 10.6 Å². The van der Waals surface area contributed by atoms with Gasteiger partial charge in [-0.05, 0) is 25.3 Å². The minimum absolute atomic E-state index is 0.191. The minimum Gasteiger partial charge on any atom is -0.356 e. The van der Waals surface area contributed by atoms with Crippen LogP contribution in [0.3, 0.4) is 0 Å². The van der Waals surface area contributed by atoms with Crippen molar-refractivity contribution in [1.82, 2.24) is 15.5 Å². The van der Waals surface area contributed by atoms with Gasteiger partial charge >= 0.3 is 6.18 Å². The largest absolute Gasteiger partial charge is 0.401 e. The third kappa shape index (κ3) is 8.26. The number of halogens is 3. The fourth-order valence-electron chi connectivity index (χ4n) is 2.41. The Morgan fingerprint density at radius 1 is 1.41 bits per heavy atom. The summed E-state index contributed by atoms with van der Waals surface area (Å²) < 4.78 is 37.1. The molecule has 0 radical (unpaired) electrons. The SMILES string of the molecule is C=CCNC(=NC[C@H]1CCN(CC(F)(F)F)C1)NCCCC. The van der Waals surface area contributed by atoms with E-state index < -0.39 is 12.7 Å². The zero-order chi connectivity index (χ0) is 16.4. The zero-order valence-electron chi connectivity index (χ0n) is 13.3. The molecular weight excluding hydrogens is 293 g/mol. The van der Waals surface area contributed by atoms with Crippen molar-refractivity contribution in [3.63, 3.8) is 0 Å². The first-order valence-corrected chi connectivity index (χ1v) is 7.86. The van der Waals surface area contributed by atoms with Crippen molar-refractivity contribution in [2.24, 2.45) is 10.9 Å². The Kier molecular flexibility index (Phi) is 8.30. The molecule has 128 valence electrons. The number of aliphatic imine (C=N–C) groups is 1. The number of alkyl halides is 3. The first-order valence-electron chi connectivity index (χ1n) is 7.86. The molecule has 1 heterocycles. The van der Waals surface area contributed by atoms with Gasteiger partial charge in [0.2, 0.25) is 0 Å². The maximum Gasteiger partial charge on any atom is 0.401 e. The van der Waals surface area contributed by atoms with Gasteiger partial charge in [0.1, 0.15) is 0 Å². The lowest BCUT2D eigenvalue weighted by Crippen LogP contribution is -2.38. The molecule has 1 saturated heterocycles. The predicted molar refractivity (Wildman–Crippen MR) is 84.0 cm³/mol. The van der Waals surface area contributed by atoms with E-state index in [1.165, 1.54) is 4.90 Å². The fourth-order valence-corrected chi connectivity index (χ4v) is 2.41. The smallest absolute Gasteiger partial charge is 0.356 e. The maximum atomic E-state index is 12.4. The van der Waals surface area contributed by atoms with E-state index in [4.69, 9.17) is 0 Å². The lowest BCUT2D eigenvalue weighted by atomic mass is 10.1. The molecule has 2 N–H and O–H groups in total. The van der Waals surface area contributed by atoms with Gasteiger partial charge in [-0.25, -0.2) is 0 Å². The van der Waals surface area contributed by atoms with Crippen LogP contribution in [0.4, 0.5) is 13.2 Å². The third-order valence-electron chi connectivity index (χ3n) is 3.52. The number of likely N-dealkylation sites (tertiary alicyclic amines) is 1. The maximum absolute atomic E-state index is 12.4. The molecular formula is C15H27F3N4. The average molecular weight is 320 g/mol. The lowest BCUT2D eigenvalue weighted by molar-refractivity contribution is -0.143. The molecule has 0 aliphatic carbocycles. The van der Waals surface area contributed by atoms with Gasteiger partial charge in [-0.3, -0.25) is 9.89 Å². The molecule has 7 heteroatoms. The highest BCUT2D eigenvalue weighted by Crippen LogP contribution is 2.22. The predicted octanol–water partition coefficient (Wildman–Crippen LogP) is 2.39. The second kappa shape index (κ2) is 9.71. The number of nitrogens with zero attached hydrogens (tertiary/aromatic N) is 2. The molecule has 0 aromatic heterocycles. The van der Waals surface area contributed by atoms with E-state index in [-0.39, 0.29) is 5.92 Å². The number of unbranched alkanes of at least 4 members (excludes halogenated alkanes) is 1. The van der Waals surface area contributed by atoms with Crippen molar-refractivity contribution < 1.29 is 13.2 Å². The molecule has 1 atom stereocenters. The molecule has 0 aromatic carbocycles. The molecule has 22 heavy (non-hydrogen) atoms. The van der Waals surface area contributed by atoms with E-state index in [2.05, 4.69) is 29.1 Å². The van der Waals surface area contributed by atoms with Crippen LogP contribution in [0.5, 0.6) is 0 Å². The normalized spacial score (nSPS) is 20.2. The Morgan fingerprint density at radius 3 is 2.82 bits per heavy atom. The molecule has 1 rings (SSSR count). The van der Waals surface area contributed by atoms with Crippen molar-refractivity contribution >= 4 is 5.96 Å². The van der Waals surface area contributed by atoms with Gasteiger partial charge in [-0.2, -0.15) is 13.2 Å². The van der Waals surface area contributed by atoms with E-state index in [0.717, 1.165) is 25.8 Å². The van der Waals surface area contributed by atoms with Gasteiger partial charge in [-0.1, -0.05) is 19.4 Å². The second-order valence-electron chi connectivity index (χ2n) is 5.64. The van der Waals surface area contributed by atoms with Crippen molar-refractivity contribution in [3.8, 4) is 0 Å². The summed E-state index contributed by atoms with van der Waals surface area (Å²) in [5.41, 5.74) is 0. The first-order chi connectivity index (χ1) is 10.4. The van der Waals surface area contributed by atoms with Crippen LogP contribution in [0.25, 0.3) is 0 Å². The summed E-state index contributed by atoms with van der Waals surface area (Å²) in [7, 11) is 0. The molecule has 0 saturated carbocycles. The number of hydrogen-bond acceptors (Lipinski definition) is 2. The molecule has 0 unspecified atom stereocenters. The van der Waals surface area contributed by atoms with Gasteiger partial charge in [0.05, 0.1) is 6.54 Å². The Labute approximate surface area is 130 Å². The summed E-state index contributed by atoms with van der Waals surface area (Å²) in [5, 5.41) is 6.36. The average Bonchev–Trinajstić information content (AvgIpc) is 2.86. The molecule has 0 aromatic rings. The first kappa shape index (κ1) is 18.8. The summed E-state index contributed by atoms with van der Waals surface area (Å²) in [6.45, 7) is 7.91. The highest BCUT2D eigenvalue weighted by molar-refractivity contribution is 5.79. The van der Waals surface area contributed by atoms with Crippen LogP contribution in [0.15, 0.2) is 17.6 Å². The van der Waals surface area contributed by atoms with Crippen molar-refractivity contribution in [2.75, 3.05) is 39.3 Å². The zero-order valence-corrected chi connectivity index (χ0v) is 13.3. The quantitative estimate of drug-likeness (QED) is 0.312. The van der Waals surface area contributed by atoms with Crippen LogP contribution in [0.2, 0.25) is 0 Å². The molecule has 1 aliphatic rings. The summed E-state index contributed by atoms with van der Waals surface area (Å²) >= 11 is 0. The van der Waals surface area contributed by atoms with E-state index in [9.17, 15) is 13.2 Å². The van der Waals surface area contributed by atoms with E-state index in [0.29, 0.717) is 32.1 Å². The van der Waals surface area contributed by atoms with Crippen LogP contribution in [-0.2, 0) is 0 Å². The Balaban J connectivity index is 2.39. The standard InChI is InChI=1S/C15H27F3N4/c1-3-5-8-20-14(19-7-4-2)21-10-13-6-9-22(11-13)12-15(16,17)18/h4,13H,2-3,5-12H2,1H3,(H2,19,20,21)/t13-/m1/s1. The van der Waals surface area contributed by atoms with Crippen LogP contribution in [0, 0.1) is 5.92 Å². The Morgan fingerprint density at radius 2 is 2.18 bits per heavy atom. The highest BCUT2D eigenvalue weighted by atomic mass is 19.4. The second-order valence-corrected chi connectivity index (χ2v) is 5.64. The van der Waals surface area contributed by atoms with Gasteiger partial charge < -0.3 is 10.6 Å². The van der Waals surface area contributed by atoms with E-state index in [1.54, 1.807) is 6.08 Å². The van der Waals surface area contributed by atoms with Crippen LogP contribution >= 0.6 is 0 Å².